The molecule has 21 heavy (non-hydrogen) atoms. The van der Waals surface area contributed by atoms with Crippen LogP contribution in [-0.4, -0.2) is 29.6 Å². The molecule has 2 atom stereocenters. The lowest BCUT2D eigenvalue weighted by Crippen LogP contribution is -2.59. The highest BCUT2D eigenvalue weighted by molar-refractivity contribution is 5.81. The SMILES string of the molecule is CC(C)C1NCC(=O)N1C(C)C12CC3CC(CC(C3)C1)C2. The molecule has 1 heterocycles. The quantitative estimate of drug-likeness (QED) is 0.866. The summed E-state index contributed by atoms with van der Waals surface area (Å²) >= 11 is 0. The Labute approximate surface area is 128 Å². The number of nitrogens with one attached hydrogen (secondary N) is 1. The molecule has 1 N–H and O–H groups in total. The van der Waals surface area contributed by atoms with Gasteiger partial charge in [-0.1, -0.05) is 13.8 Å². The first-order valence-electron chi connectivity index (χ1n) is 9.03. The minimum atomic E-state index is 0.250. The van der Waals surface area contributed by atoms with E-state index in [-0.39, 0.29) is 6.17 Å². The molecule has 5 rings (SSSR count). The summed E-state index contributed by atoms with van der Waals surface area (Å²) in [5.74, 6) is 3.70. The molecule has 0 radical (unpaired) electrons. The average Bonchev–Trinajstić information content (AvgIpc) is 2.78. The maximum Gasteiger partial charge on any atom is 0.238 e. The van der Waals surface area contributed by atoms with Crippen molar-refractivity contribution in [2.75, 3.05) is 6.54 Å². The molecular formula is C18H30N2O. The van der Waals surface area contributed by atoms with Gasteiger partial charge in [0, 0.05) is 6.04 Å². The van der Waals surface area contributed by atoms with Crippen molar-refractivity contribution in [1.82, 2.24) is 10.2 Å². The van der Waals surface area contributed by atoms with E-state index >= 15 is 0 Å². The number of carbonyl (C=O) groups excluding carboxylic acids is 1. The van der Waals surface area contributed by atoms with Crippen LogP contribution in [-0.2, 0) is 4.79 Å². The van der Waals surface area contributed by atoms with Gasteiger partial charge in [-0.2, -0.15) is 0 Å². The molecule has 118 valence electrons. The molecule has 2 unspecified atom stereocenters. The van der Waals surface area contributed by atoms with E-state index in [1.807, 2.05) is 0 Å². The fourth-order valence-electron chi connectivity index (χ4n) is 6.53. The van der Waals surface area contributed by atoms with Crippen LogP contribution in [0.2, 0.25) is 0 Å². The molecule has 0 aromatic heterocycles. The van der Waals surface area contributed by atoms with Crippen LogP contribution in [0.3, 0.4) is 0 Å². The van der Waals surface area contributed by atoms with Gasteiger partial charge in [0.15, 0.2) is 0 Å². The number of hydrogen-bond acceptors (Lipinski definition) is 2. The first-order chi connectivity index (χ1) is 9.98. The van der Waals surface area contributed by atoms with Gasteiger partial charge in [0.1, 0.15) is 0 Å². The van der Waals surface area contributed by atoms with E-state index in [2.05, 4.69) is 31.0 Å². The molecule has 4 bridgehead atoms. The predicted octanol–water partition coefficient (Wildman–Crippen LogP) is 3.01. The van der Waals surface area contributed by atoms with Crippen LogP contribution in [0.15, 0.2) is 0 Å². The zero-order valence-corrected chi connectivity index (χ0v) is 13.8. The highest BCUT2D eigenvalue weighted by Crippen LogP contribution is 2.62. The molecular weight excluding hydrogens is 260 g/mol. The van der Waals surface area contributed by atoms with Crippen molar-refractivity contribution in [1.29, 1.82) is 0 Å². The topological polar surface area (TPSA) is 32.3 Å². The fraction of sp³-hybridized carbons (Fsp3) is 0.944. The maximum absolute atomic E-state index is 12.5. The summed E-state index contributed by atoms with van der Waals surface area (Å²) < 4.78 is 0. The Morgan fingerprint density at radius 3 is 2.05 bits per heavy atom. The normalized spacial score (nSPS) is 46.7. The Morgan fingerprint density at radius 2 is 1.57 bits per heavy atom. The molecule has 1 saturated heterocycles. The van der Waals surface area contributed by atoms with Gasteiger partial charge in [-0.15, -0.1) is 0 Å². The van der Waals surface area contributed by atoms with E-state index in [9.17, 15) is 4.79 Å². The Kier molecular flexibility index (Phi) is 3.15. The number of hydrogen-bond donors (Lipinski definition) is 1. The van der Waals surface area contributed by atoms with E-state index in [0.717, 1.165) is 17.8 Å². The molecule has 3 heteroatoms. The van der Waals surface area contributed by atoms with Gasteiger partial charge in [-0.25, -0.2) is 0 Å². The van der Waals surface area contributed by atoms with Crippen molar-refractivity contribution in [2.24, 2.45) is 29.1 Å². The lowest BCUT2D eigenvalue weighted by molar-refractivity contribution is -0.143. The van der Waals surface area contributed by atoms with Gasteiger partial charge in [-0.05, 0) is 74.5 Å². The number of amides is 1. The summed E-state index contributed by atoms with van der Waals surface area (Å²) in [5.41, 5.74) is 0.434. The zero-order valence-electron chi connectivity index (χ0n) is 13.8. The number of carbonyl (C=O) groups is 1. The molecule has 0 spiro atoms. The van der Waals surface area contributed by atoms with Crippen LogP contribution in [0, 0.1) is 29.1 Å². The number of rotatable bonds is 3. The van der Waals surface area contributed by atoms with Crippen molar-refractivity contribution in [2.45, 2.75) is 71.5 Å². The summed E-state index contributed by atoms with van der Waals surface area (Å²) in [6.07, 6.45) is 8.84. The molecule has 3 nitrogen and oxygen atoms in total. The number of nitrogens with zero attached hydrogens (tertiary/aromatic N) is 1. The van der Waals surface area contributed by atoms with Crippen molar-refractivity contribution in [3.63, 3.8) is 0 Å². The summed E-state index contributed by atoms with van der Waals surface area (Å²) in [6.45, 7) is 7.36. The fourth-order valence-corrected chi connectivity index (χ4v) is 6.53. The molecule has 0 aromatic carbocycles. The smallest absolute Gasteiger partial charge is 0.238 e. The molecule has 5 fully saturated rings. The lowest BCUT2D eigenvalue weighted by Gasteiger charge is -2.60. The van der Waals surface area contributed by atoms with Crippen LogP contribution in [0.5, 0.6) is 0 Å². The van der Waals surface area contributed by atoms with Crippen molar-refractivity contribution >= 4 is 5.91 Å². The monoisotopic (exact) mass is 290 g/mol. The molecule has 1 aliphatic heterocycles. The molecule has 1 amide bonds. The first-order valence-corrected chi connectivity index (χ1v) is 9.03. The summed E-state index contributed by atoms with van der Waals surface area (Å²) in [7, 11) is 0. The van der Waals surface area contributed by atoms with Gasteiger partial charge in [0.2, 0.25) is 5.91 Å². The summed E-state index contributed by atoms with van der Waals surface area (Å²) in [4.78, 5) is 14.7. The van der Waals surface area contributed by atoms with Crippen molar-refractivity contribution in [3.8, 4) is 0 Å². The Balaban J connectivity index is 1.61. The Morgan fingerprint density at radius 1 is 1.05 bits per heavy atom. The minimum absolute atomic E-state index is 0.250. The Hall–Kier alpha value is -0.570. The molecule has 0 aromatic rings. The highest BCUT2D eigenvalue weighted by Gasteiger charge is 2.56. The van der Waals surface area contributed by atoms with Gasteiger partial charge < -0.3 is 4.90 Å². The third kappa shape index (κ3) is 2.07. The van der Waals surface area contributed by atoms with Gasteiger partial charge in [0.05, 0.1) is 12.7 Å². The first kappa shape index (κ1) is 14.0. The highest BCUT2D eigenvalue weighted by atomic mass is 16.2. The lowest BCUT2D eigenvalue weighted by atomic mass is 9.47. The van der Waals surface area contributed by atoms with Crippen molar-refractivity contribution in [3.05, 3.63) is 0 Å². The maximum atomic E-state index is 12.5. The van der Waals surface area contributed by atoms with Crippen LogP contribution in [0.4, 0.5) is 0 Å². The molecule has 4 saturated carbocycles. The van der Waals surface area contributed by atoms with E-state index in [1.165, 1.54) is 38.5 Å². The van der Waals surface area contributed by atoms with Crippen LogP contribution in [0.1, 0.15) is 59.3 Å². The predicted molar refractivity (Wildman–Crippen MR) is 83.5 cm³/mol. The van der Waals surface area contributed by atoms with Crippen LogP contribution < -0.4 is 5.32 Å². The average molecular weight is 290 g/mol. The Bertz CT molecular complexity index is 409. The van der Waals surface area contributed by atoms with E-state index in [1.54, 1.807) is 0 Å². The molecule has 4 aliphatic carbocycles. The standard InChI is InChI=1S/C18H30N2O/c1-11(2)17-19-10-16(21)20(17)12(3)18-7-13-4-14(8-18)6-15(5-13)9-18/h11-15,17,19H,4-10H2,1-3H3. The second kappa shape index (κ2) is 4.71. The van der Waals surface area contributed by atoms with E-state index in [4.69, 9.17) is 0 Å². The van der Waals surface area contributed by atoms with Gasteiger partial charge in [-0.3, -0.25) is 10.1 Å². The van der Waals surface area contributed by atoms with Gasteiger partial charge >= 0.3 is 0 Å². The van der Waals surface area contributed by atoms with Crippen LogP contribution >= 0.6 is 0 Å². The summed E-state index contributed by atoms with van der Waals surface area (Å²) in [5, 5.41) is 3.45. The summed E-state index contributed by atoms with van der Waals surface area (Å²) in [6, 6.07) is 0.417. The van der Waals surface area contributed by atoms with Gasteiger partial charge in [0.25, 0.3) is 0 Å². The van der Waals surface area contributed by atoms with Crippen LogP contribution in [0.25, 0.3) is 0 Å². The van der Waals surface area contributed by atoms with Crippen molar-refractivity contribution < 1.29 is 4.79 Å². The second-order valence-corrected chi connectivity index (χ2v) is 8.83. The van der Waals surface area contributed by atoms with E-state index < -0.39 is 0 Å². The zero-order chi connectivity index (χ0) is 14.8. The third-order valence-electron chi connectivity index (χ3n) is 7.07. The van der Waals surface area contributed by atoms with E-state index in [0.29, 0.717) is 29.8 Å². The largest absolute Gasteiger partial charge is 0.323 e. The molecule has 5 aliphatic rings. The third-order valence-corrected chi connectivity index (χ3v) is 7.07. The second-order valence-electron chi connectivity index (χ2n) is 8.83. The minimum Gasteiger partial charge on any atom is -0.323 e.